The van der Waals surface area contributed by atoms with Crippen LogP contribution in [0.4, 0.5) is 13.2 Å². The molecular weight excluding hydrogens is 235 g/mol. The van der Waals surface area contributed by atoms with Gasteiger partial charge in [-0.15, -0.1) is 29.9 Å². The first-order valence-electron chi connectivity index (χ1n) is 4.17. The monoisotopic (exact) mass is 243 g/mol. The van der Waals surface area contributed by atoms with Gasteiger partial charge in [0.1, 0.15) is 0 Å². The second-order valence-corrected chi connectivity index (χ2v) is 3.08. The lowest BCUT2D eigenvalue weighted by atomic mass is 10.4. The summed E-state index contributed by atoms with van der Waals surface area (Å²) in [4.78, 5) is 0. The molecule has 0 aliphatic carbocycles. The Morgan fingerprint density at radius 3 is 2.80 bits per heavy atom. The number of halogens is 4. The van der Waals surface area contributed by atoms with E-state index in [0.717, 1.165) is 0 Å². The summed E-state index contributed by atoms with van der Waals surface area (Å²) >= 11 is 5.46. The van der Waals surface area contributed by atoms with Gasteiger partial charge in [0.05, 0.1) is 18.8 Å². The van der Waals surface area contributed by atoms with Crippen molar-refractivity contribution in [2.45, 2.75) is 19.3 Å². The van der Waals surface area contributed by atoms with Gasteiger partial charge in [0, 0.05) is 18.5 Å². The van der Waals surface area contributed by atoms with Crippen molar-refractivity contribution in [3.05, 3.63) is 11.9 Å². The van der Waals surface area contributed by atoms with E-state index in [9.17, 15) is 13.2 Å². The highest BCUT2D eigenvalue weighted by Crippen LogP contribution is 2.15. The summed E-state index contributed by atoms with van der Waals surface area (Å²) in [5.74, 6) is 0.401. The third-order valence-corrected chi connectivity index (χ3v) is 1.71. The van der Waals surface area contributed by atoms with Crippen LogP contribution in [-0.4, -0.2) is 33.8 Å². The van der Waals surface area contributed by atoms with Crippen LogP contribution in [0.15, 0.2) is 6.20 Å². The van der Waals surface area contributed by atoms with Crippen molar-refractivity contribution in [3.8, 4) is 0 Å². The van der Waals surface area contributed by atoms with Crippen molar-refractivity contribution in [3.63, 3.8) is 0 Å². The van der Waals surface area contributed by atoms with E-state index in [1.807, 2.05) is 0 Å². The van der Waals surface area contributed by atoms with Crippen molar-refractivity contribution in [1.82, 2.24) is 15.0 Å². The van der Waals surface area contributed by atoms with Crippen molar-refractivity contribution < 1.29 is 17.9 Å². The lowest BCUT2D eigenvalue weighted by molar-refractivity contribution is -0.325. The summed E-state index contributed by atoms with van der Waals surface area (Å²) in [5.41, 5.74) is 0.650. The minimum atomic E-state index is -4.60. The fraction of sp³-hybridized carbons (Fsp3) is 0.714. The van der Waals surface area contributed by atoms with Crippen LogP contribution in [0.25, 0.3) is 0 Å². The van der Waals surface area contributed by atoms with E-state index >= 15 is 0 Å². The molecule has 0 spiro atoms. The van der Waals surface area contributed by atoms with Gasteiger partial charge in [-0.1, -0.05) is 5.21 Å². The zero-order chi connectivity index (χ0) is 11.3. The van der Waals surface area contributed by atoms with Gasteiger partial charge in [-0.25, -0.2) is 4.68 Å². The highest BCUT2D eigenvalue weighted by Gasteiger charge is 2.28. The van der Waals surface area contributed by atoms with Gasteiger partial charge < -0.3 is 0 Å². The maximum absolute atomic E-state index is 11.6. The molecule has 4 nitrogen and oxygen atoms in total. The summed E-state index contributed by atoms with van der Waals surface area (Å²) in [7, 11) is 0. The minimum Gasteiger partial charge on any atom is -0.290 e. The largest absolute Gasteiger partial charge is 0.522 e. The molecule has 0 saturated heterocycles. The molecule has 0 atom stereocenters. The Hall–Kier alpha value is -0.820. The van der Waals surface area contributed by atoms with Crippen LogP contribution in [0.3, 0.4) is 0 Å². The average molecular weight is 244 g/mol. The Labute approximate surface area is 89.0 Å². The second-order valence-electron chi connectivity index (χ2n) is 2.71. The molecule has 0 fully saturated rings. The molecule has 0 bridgehead atoms. The van der Waals surface area contributed by atoms with Gasteiger partial charge in [-0.3, -0.25) is 4.74 Å². The first kappa shape index (κ1) is 12.3. The summed E-state index contributed by atoms with van der Waals surface area (Å²) in [6.45, 7) is -0.470. The molecule has 1 aromatic rings. The molecular formula is C7H9ClF3N3O. The van der Waals surface area contributed by atoms with Crippen LogP contribution in [0.5, 0.6) is 0 Å². The van der Waals surface area contributed by atoms with Crippen LogP contribution in [-0.2, 0) is 17.7 Å². The van der Waals surface area contributed by atoms with Crippen LogP contribution in [0.2, 0.25) is 0 Å². The van der Waals surface area contributed by atoms with Crippen LogP contribution in [0, 0.1) is 0 Å². The Morgan fingerprint density at radius 1 is 1.47 bits per heavy atom. The van der Waals surface area contributed by atoms with E-state index in [-0.39, 0.29) is 6.54 Å². The fourth-order valence-corrected chi connectivity index (χ4v) is 1.11. The van der Waals surface area contributed by atoms with Gasteiger partial charge in [0.2, 0.25) is 0 Å². The zero-order valence-electron chi connectivity index (χ0n) is 7.67. The summed E-state index contributed by atoms with van der Waals surface area (Å²) in [6, 6.07) is 0. The number of rotatable bonds is 5. The maximum atomic E-state index is 11.6. The topological polar surface area (TPSA) is 39.9 Å². The molecule has 0 amide bonds. The molecule has 8 heteroatoms. The SMILES string of the molecule is FC(F)(F)OCCn1cc(CCCl)nn1. The first-order chi connectivity index (χ1) is 7.01. The van der Waals surface area contributed by atoms with Gasteiger partial charge >= 0.3 is 6.36 Å². The standard InChI is InChI=1S/C7H9ClF3N3O/c8-2-1-6-5-14(13-12-6)3-4-15-7(9,10)11/h5H,1-4H2. The van der Waals surface area contributed by atoms with Crippen molar-refractivity contribution in [2.75, 3.05) is 12.5 Å². The highest BCUT2D eigenvalue weighted by atomic mass is 35.5. The molecule has 0 N–H and O–H groups in total. The number of nitrogens with zero attached hydrogens (tertiary/aromatic N) is 3. The lowest BCUT2D eigenvalue weighted by Gasteiger charge is -2.06. The lowest BCUT2D eigenvalue weighted by Crippen LogP contribution is -2.17. The number of aryl methyl sites for hydroxylation is 1. The predicted octanol–water partition coefficient (Wildman–Crippen LogP) is 1.60. The number of alkyl halides is 4. The molecule has 0 aromatic carbocycles. The Bertz CT molecular complexity index is 302. The first-order valence-corrected chi connectivity index (χ1v) is 4.70. The number of ether oxygens (including phenoxy) is 1. The maximum Gasteiger partial charge on any atom is 0.522 e. The van der Waals surface area contributed by atoms with E-state index in [2.05, 4.69) is 15.0 Å². The summed E-state index contributed by atoms with van der Waals surface area (Å²) < 4.78 is 39.7. The molecule has 1 aromatic heterocycles. The Balaban J connectivity index is 2.31. The van der Waals surface area contributed by atoms with E-state index in [4.69, 9.17) is 11.6 Å². The molecule has 86 valence electrons. The molecule has 0 aliphatic heterocycles. The van der Waals surface area contributed by atoms with Crippen molar-refractivity contribution >= 4 is 11.6 Å². The number of hydrogen-bond donors (Lipinski definition) is 0. The van der Waals surface area contributed by atoms with Crippen molar-refractivity contribution in [1.29, 1.82) is 0 Å². The molecule has 1 rings (SSSR count). The quantitative estimate of drug-likeness (QED) is 0.738. The van der Waals surface area contributed by atoms with E-state index in [0.29, 0.717) is 18.0 Å². The predicted molar refractivity (Wildman–Crippen MR) is 46.5 cm³/mol. The third kappa shape index (κ3) is 4.98. The van der Waals surface area contributed by atoms with E-state index in [1.165, 1.54) is 4.68 Å². The zero-order valence-corrected chi connectivity index (χ0v) is 8.42. The Kier molecular flexibility index (Phi) is 4.34. The van der Waals surface area contributed by atoms with E-state index < -0.39 is 13.0 Å². The van der Waals surface area contributed by atoms with Crippen LogP contribution >= 0.6 is 11.6 Å². The normalized spacial score (nSPS) is 12.0. The molecule has 1 heterocycles. The van der Waals surface area contributed by atoms with Gasteiger partial charge in [0.25, 0.3) is 0 Å². The highest BCUT2D eigenvalue weighted by molar-refractivity contribution is 6.17. The number of aromatic nitrogens is 3. The minimum absolute atomic E-state index is 0.00873. The smallest absolute Gasteiger partial charge is 0.290 e. The van der Waals surface area contributed by atoms with Gasteiger partial charge in [-0.05, 0) is 0 Å². The Morgan fingerprint density at radius 2 is 2.20 bits per heavy atom. The molecule has 0 saturated carbocycles. The van der Waals surface area contributed by atoms with Gasteiger partial charge in [0.15, 0.2) is 0 Å². The summed E-state index contributed by atoms with van der Waals surface area (Å²) in [5, 5.41) is 7.33. The van der Waals surface area contributed by atoms with Gasteiger partial charge in [-0.2, -0.15) is 0 Å². The molecule has 0 radical (unpaired) electrons. The van der Waals surface area contributed by atoms with Crippen LogP contribution in [0.1, 0.15) is 5.69 Å². The third-order valence-electron chi connectivity index (χ3n) is 1.52. The average Bonchev–Trinajstić information content (AvgIpc) is 2.51. The van der Waals surface area contributed by atoms with E-state index in [1.54, 1.807) is 6.20 Å². The molecule has 0 unspecified atom stereocenters. The van der Waals surface area contributed by atoms with Crippen LogP contribution < -0.4 is 0 Å². The second kappa shape index (κ2) is 5.32. The fourth-order valence-electron chi connectivity index (χ4n) is 0.914. The summed E-state index contributed by atoms with van der Waals surface area (Å²) in [6.07, 6.45) is -2.51. The molecule has 0 aliphatic rings. The molecule has 15 heavy (non-hydrogen) atoms. The van der Waals surface area contributed by atoms with Crippen molar-refractivity contribution in [2.24, 2.45) is 0 Å². The number of hydrogen-bond acceptors (Lipinski definition) is 3.